The van der Waals surface area contributed by atoms with E-state index in [0.29, 0.717) is 76.2 Å². The number of carbonyl (C=O) groups is 1. The number of nitrogens with zero attached hydrogens (tertiary/aromatic N) is 1. The fourth-order valence-corrected chi connectivity index (χ4v) is 7.27. The topological polar surface area (TPSA) is 181 Å². The van der Waals surface area contributed by atoms with E-state index in [-0.39, 0.29) is 32.3 Å². The molecule has 0 fully saturated rings. The molecule has 13 heteroatoms. The normalized spacial score (nSPS) is 15.9. The largest absolute Gasteiger partial charge is 0.493 e. The predicted octanol–water partition coefficient (Wildman–Crippen LogP) is 6.58. The smallest absolute Gasteiger partial charge is 0.255 e. The molecule has 6 N–H and O–H groups in total. The van der Waals surface area contributed by atoms with Gasteiger partial charge in [-0.2, -0.15) is 0 Å². The number of benzene rings is 4. The Balaban J connectivity index is 0.897. The maximum atomic E-state index is 12.6. The number of nitrogens with one attached hydrogen (secondary N) is 2. The molecule has 0 bridgehead atoms. The van der Waals surface area contributed by atoms with Crippen molar-refractivity contribution in [3.8, 4) is 23.0 Å². The van der Waals surface area contributed by atoms with Crippen LogP contribution in [0, 0.1) is 0 Å². The first-order valence-electron chi connectivity index (χ1n) is 19.5. The lowest BCUT2D eigenvalue weighted by Crippen LogP contribution is -2.38. The zero-order valence-corrected chi connectivity index (χ0v) is 32.6. The molecule has 304 valence electrons. The summed E-state index contributed by atoms with van der Waals surface area (Å²) >= 11 is 0. The monoisotopic (exact) mass is 783 g/mol. The van der Waals surface area contributed by atoms with Crippen molar-refractivity contribution in [2.45, 2.75) is 90.1 Å². The Bertz CT molecular complexity index is 1970. The third kappa shape index (κ3) is 9.98. The Morgan fingerprint density at radius 2 is 1.30 bits per heavy atom. The maximum absolute atomic E-state index is 12.6. The number of unbranched alkanes of at least 4 members (excludes halogenated alkanes) is 6. The van der Waals surface area contributed by atoms with Crippen LogP contribution in [0.2, 0.25) is 0 Å². The van der Waals surface area contributed by atoms with Crippen molar-refractivity contribution in [3.05, 3.63) is 111 Å². The summed E-state index contributed by atoms with van der Waals surface area (Å²) in [5.74, 6) is 2.10. The van der Waals surface area contributed by atoms with Gasteiger partial charge in [-0.25, -0.2) is 0 Å². The molecule has 6 rings (SSSR count). The Kier molecular flexibility index (Phi) is 14.6. The molecule has 13 nitrogen and oxygen atoms in total. The van der Waals surface area contributed by atoms with Crippen molar-refractivity contribution in [1.29, 1.82) is 0 Å². The molecule has 1 amide bonds. The molecule has 0 aromatic heterocycles. The molecule has 0 aliphatic carbocycles. The van der Waals surface area contributed by atoms with Gasteiger partial charge >= 0.3 is 0 Å². The fraction of sp³-hybridized carbons (Fsp3) is 0.409. The number of anilines is 1. The first-order chi connectivity index (χ1) is 27.9. The number of ether oxygens (including phenoxy) is 4. The molecule has 0 spiro atoms. The van der Waals surface area contributed by atoms with Gasteiger partial charge in [0.05, 0.1) is 65.1 Å². The molecule has 0 radical (unpaired) electrons. The summed E-state index contributed by atoms with van der Waals surface area (Å²) < 4.78 is 23.6. The van der Waals surface area contributed by atoms with Gasteiger partial charge in [0, 0.05) is 23.2 Å². The van der Waals surface area contributed by atoms with E-state index in [0.717, 1.165) is 67.3 Å². The van der Waals surface area contributed by atoms with Gasteiger partial charge in [0.15, 0.2) is 17.6 Å². The Morgan fingerprint density at radius 1 is 0.684 bits per heavy atom. The van der Waals surface area contributed by atoms with E-state index in [9.17, 15) is 25.2 Å². The molecule has 2 heterocycles. The van der Waals surface area contributed by atoms with Gasteiger partial charge in [0.2, 0.25) is 5.75 Å². The highest BCUT2D eigenvalue weighted by Crippen LogP contribution is 2.41. The Morgan fingerprint density at radius 3 is 1.93 bits per heavy atom. The van der Waals surface area contributed by atoms with Gasteiger partial charge in [-0.1, -0.05) is 55.5 Å². The second kappa shape index (κ2) is 20.2. The second-order valence-electron chi connectivity index (χ2n) is 14.1. The fourth-order valence-electron chi connectivity index (χ4n) is 7.27. The van der Waals surface area contributed by atoms with E-state index in [2.05, 4.69) is 15.8 Å². The lowest BCUT2D eigenvalue weighted by Gasteiger charge is -2.28. The molecule has 4 aromatic carbocycles. The van der Waals surface area contributed by atoms with Gasteiger partial charge < -0.3 is 54.8 Å². The molecule has 0 saturated carbocycles. The summed E-state index contributed by atoms with van der Waals surface area (Å²) in [5, 5.41) is 50.1. The zero-order chi connectivity index (χ0) is 40.1. The second-order valence-corrected chi connectivity index (χ2v) is 14.1. The number of oxime groups is 1. The van der Waals surface area contributed by atoms with Crippen LogP contribution in [-0.2, 0) is 31.3 Å². The number of fused-ring (bicyclic) bond motifs is 1. The number of hydrogen-bond donors (Lipinski definition) is 6. The van der Waals surface area contributed by atoms with E-state index in [1.807, 2.05) is 48.5 Å². The summed E-state index contributed by atoms with van der Waals surface area (Å²) in [6, 6.07) is 20.3. The standard InChI is InChI=1S/C44H53N3O10/c1-53-40-21-29(37-23-39(57-47-37)30-19-31(24-48)35(27-51)32(20-30)25-49)22-41(54-2)42(40)56-17-11-7-5-3-4-6-10-16-55-38-15-14-28(18-33(38)26-50)43-45-36-13-9-8-12-34(36)44(52)46-43/h8-9,12-15,18-22,39,43,45,48-51H,3-7,10-11,16-17,23-27H2,1-2H3,(H,46,52). The van der Waals surface area contributed by atoms with Crippen molar-refractivity contribution >= 4 is 17.3 Å². The van der Waals surface area contributed by atoms with E-state index in [1.54, 1.807) is 32.4 Å². The number of para-hydroxylation sites is 1. The first-order valence-corrected chi connectivity index (χ1v) is 19.5. The molecule has 2 aliphatic heterocycles. The van der Waals surface area contributed by atoms with Gasteiger partial charge in [0.25, 0.3) is 5.91 Å². The van der Waals surface area contributed by atoms with Crippen LogP contribution in [0.5, 0.6) is 23.0 Å². The lowest BCUT2D eigenvalue weighted by atomic mass is 9.93. The van der Waals surface area contributed by atoms with Gasteiger partial charge in [-0.15, -0.1) is 0 Å². The number of hydrogen-bond acceptors (Lipinski definition) is 12. The van der Waals surface area contributed by atoms with E-state index in [4.69, 9.17) is 23.8 Å². The van der Waals surface area contributed by atoms with Crippen LogP contribution >= 0.6 is 0 Å². The van der Waals surface area contributed by atoms with Crippen LogP contribution < -0.4 is 29.6 Å². The van der Waals surface area contributed by atoms with Gasteiger partial charge in [-0.3, -0.25) is 4.79 Å². The van der Waals surface area contributed by atoms with E-state index in [1.165, 1.54) is 0 Å². The Hall–Kier alpha value is -5.34. The van der Waals surface area contributed by atoms with Crippen molar-refractivity contribution in [2.75, 3.05) is 32.8 Å². The minimum absolute atomic E-state index is 0.137. The van der Waals surface area contributed by atoms with Crippen LogP contribution in [0.1, 0.15) is 113 Å². The number of amides is 1. The first kappa shape index (κ1) is 41.3. The predicted molar refractivity (Wildman–Crippen MR) is 215 cm³/mol. The zero-order valence-electron chi connectivity index (χ0n) is 32.6. The molecule has 4 aromatic rings. The van der Waals surface area contributed by atoms with Crippen LogP contribution in [0.25, 0.3) is 0 Å². The number of aliphatic hydroxyl groups excluding tert-OH is 4. The number of aliphatic hydroxyl groups is 4. The average Bonchev–Trinajstić information content (AvgIpc) is 3.75. The van der Waals surface area contributed by atoms with Crippen LogP contribution in [0.15, 0.2) is 71.9 Å². The molecule has 2 atom stereocenters. The quantitative estimate of drug-likeness (QED) is 0.0503. The maximum Gasteiger partial charge on any atom is 0.255 e. The minimum atomic E-state index is -0.425. The van der Waals surface area contributed by atoms with Gasteiger partial charge in [-0.05, 0) is 89.2 Å². The minimum Gasteiger partial charge on any atom is -0.493 e. The average molecular weight is 784 g/mol. The summed E-state index contributed by atoms with van der Waals surface area (Å²) in [7, 11) is 3.17. The van der Waals surface area contributed by atoms with Gasteiger partial charge in [0.1, 0.15) is 11.9 Å². The van der Waals surface area contributed by atoms with Crippen molar-refractivity contribution in [1.82, 2.24) is 5.32 Å². The summed E-state index contributed by atoms with van der Waals surface area (Å²) in [6.45, 7) is 0.0963. The van der Waals surface area contributed by atoms with E-state index < -0.39 is 12.3 Å². The van der Waals surface area contributed by atoms with Crippen molar-refractivity contribution in [3.63, 3.8) is 0 Å². The lowest BCUT2D eigenvalue weighted by molar-refractivity contribution is 0.0853. The van der Waals surface area contributed by atoms with Crippen LogP contribution in [-0.4, -0.2) is 59.5 Å². The molecule has 0 saturated heterocycles. The number of rotatable bonds is 21. The van der Waals surface area contributed by atoms with Crippen molar-refractivity contribution < 1.29 is 49.0 Å². The number of carbonyl (C=O) groups excluding carboxylic acids is 1. The highest BCUT2D eigenvalue weighted by Gasteiger charge is 2.28. The third-order valence-corrected chi connectivity index (χ3v) is 10.4. The highest BCUT2D eigenvalue weighted by molar-refractivity contribution is 6.02. The molecular formula is C44H53N3O10. The molecular weight excluding hydrogens is 730 g/mol. The summed E-state index contributed by atoms with van der Waals surface area (Å²) in [5.41, 5.74) is 6.72. The van der Waals surface area contributed by atoms with E-state index >= 15 is 0 Å². The Labute approximate surface area is 333 Å². The highest BCUT2D eigenvalue weighted by atomic mass is 16.6. The van der Waals surface area contributed by atoms with Crippen LogP contribution in [0.4, 0.5) is 5.69 Å². The van der Waals surface area contributed by atoms with Crippen molar-refractivity contribution in [2.24, 2.45) is 5.16 Å². The summed E-state index contributed by atoms with van der Waals surface area (Å²) in [6.07, 6.45) is 6.79. The molecule has 2 aliphatic rings. The summed E-state index contributed by atoms with van der Waals surface area (Å²) in [4.78, 5) is 18.3. The SMILES string of the molecule is COc1cc(C2=NOC(c3cc(CO)c(CO)c(CO)c3)C2)cc(OC)c1OCCCCCCCCCOc1ccc(C2NC(=O)c3ccccc3N2)cc1CO. The van der Waals surface area contributed by atoms with Crippen LogP contribution in [0.3, 0.4) is 0 Å². The number of methoxy groups -OCH3 is 2. The molecule has 57 heavy (non-hydrogen) atoms. The third-order valence-electron chi connectivity index (χ3n) is 10.4. The molecule has 2 unspecified atom stereocenters.